The van der Waals surface area contributed by atoms with E-state index in [4.69, 9.17) is 0 Å². The number of unbranched alkanes of at least 4 members (excludes halogenated alkanes) is 2. The van der Waals surface area contributed by atoms with Crippen LogP contribution in [0.25, 0.3) is 10.9 Å². The molecule has 0 aliphatic carbocycles. The first-order valence-electron chi connectivity index (χ1n) is 5.83. The summed E-state index contributed by atoms with van der Waals surface area (Å²) in [6, 6.07) is 7.47. The SMILES string of the molecule is O=c1c2ccccc2ncn1CCCCCBr. The highest BCUT2D eigenvalue weighted by Crippen LogP contribution is 2.05. The summed E-state index contributed by atoms with van der Waals surface area (Å²) in [4.78, 5) is 16.4. The Kier molecular flexibility index (Phi) is 4.31. The summed E-state index contributed by atoms with van der Waals surface area (Å²) in [5, 5.41) is 1.73. The van der Waals surface area contributed by atoms with E-state index in [0.29, 0.717) is 5.39 Å². The number of hydrogen-bond donors (Lipinski definition) is 0. The quantitative estimate of drug-likeness (QED) is 0.628. The predicted octanol–water partition coefficient (Wildman–Crippen LogP) is 2.96. The van der Waals surface area contributed by atoms with Crippen molar-refractivity contribution < 1.29 is 0 Å². The molecule has 0 fully saturated rings. The van der Waals surface area contributed by atoms with Gasteiger partial charge in [-0.3, -0.25) is 9.36 Å². The van der Waals surface area contributed by atoms with Gasteiger partial charge in [0.05, 0.1) is 17.2 Å². The molecule has 1 aromatic heterocycles. The highest BCUT2D eigenvalue weighted by molar-refractivity contribution is 9.09. The number of hydrogen-bond acceptors (Lipinski definition) is 2. The topological polar surface area (TPSA) is 34.9 Å². The molecule has 3 nitrogen and oxygen atoms in total. The van der Waals surface area contributed by atoms with Crippen LogP contribution in [0, 0.1) is 0 Å². The molecule has 17 heavy (non-hydrogen) atoms. The van der Waals surface area contributed by atoms with Gasteiger partial charge in [0, 0.05) is 11.9 Å². The maximum absolute atomic E-state index is 12.1. The Hall–Kier alpha value is -1.16. The smallest absolute Gasteiger partial charge is 0.261 e. The van der Waals surface area contributed by atoms with Crippen molar-refractivity contribution in [1.82, 2.24) is 9.55 Å². The second-order valence-electron chi connectivity index (χ2n) is 4.01. The number of nitrogens with zero attached hydrogens (tertiary/aromatic N) is 2. The van der Waals surface area contributed by atoms with Crippen LogP contribution in [-0.2, 0) is 6.54 Å². The average molecular weight is 295 g/mol. The van der Waals surface area contributed by atoms with Gasteiger partial charge in [-0.15, -0.1) is 0 Å². The Morgan fingerprint density at radius 3 is 2.82 bits per heavy atom. The Morgan fingerprint density at radius 1 is 1.18 bits per heavy atom. The Bertz CT molecular complexity index is 550. The van der Waals surface area contributed by atoms with E-state index < -0.39 is 0 Å². The summed E-state index contributed by atoms with van der Waals surface area (Å²) in [5.41, 5.74) is 0.837. The van der Waals surface area contributed by atoms with Crippen LogP contribution in [-0.4, -0.2) is 14.9 Å². The Balaban J connectivity index is 2.18. The van der Waals surface area contributed by atoms with E-state index in [1.54, 1.807) is 10.9 Å². The molecule has 0 saturated heterocycles. The third-order valence-corrected chi connectivity index (χ3v) is 3.32. The summed E-state index contributed by atoms with van der Waals surface area (Å²) in [7, 11) is 0. The first kappa shape index (κ1) is 12.3. The molecule has 0 bridgehead atoms. The fourth-order valence-electron chi connectivity index (χ4n) is 1.82. The molecule has 2 aromatic rings. The summed E-state index contributed by atoms with van der Waals surface area (Å²) < 4.78 is 1.70. The predicted molar refractivity (Wildman–Crippen MR) is 73.6 cm³/mol. The van der Waals surface area contributed by atoms with Gasteiger partial charge in [-0.1, -0.05) is 34.5 Å². The molecule has 0 N–H and O–H groups in total. The third-order valence-electron chi connectivity index (χ3n) is 2.76. The van der Waals surface area contributed by atoms with Crippen molar-refractivity contribution in [2.45, 2.75) is 25.8 Å². The van der Waals surface area contributed by atoms with Crippen molar-refractivity contribution in [3.8, 4) is 0 Å². The lowest BCUT2D eigenvalue weighted by molar-refractivity contribution is 0.586. The number of rotatable bonds is 5. The van der Waals surface area contributed by atoms with Crippen molar-refractivity contribution in [1.29, 1.82) is 0 Å². The van der Waals surface area contributed by atoms with E-state index in [1.165, 1.54) is 0 Å². The van der Waals surface area contributed by atoms with Crippen LogP contribution in [0.1, 0.15) is 19.3 Å². The number of benzene rings is 1. The van der Waals surface area contributed by atoms with Crippen LogP contribution < -0.4 is 5.56 Å². The Morgan fingerprint density at radius 2 is 2.00 bits per heavy atom. The summed E-state index contributed by atoms with van der Waals surface area (Å²) >= 11 is 3.40. The zero-order chi connectivity index (χ0) is 12.1. The standard InChI is InChI=1S/C13H15BrN2O/c14-8-4-1-5-9-16-10-15-12-7-3-2-6-11(12)13(16)17/h2-3,6-7,10H,1,4-5,8-9H2. The molecular formula is C13H15BrN2O. The average Bonchev–Trinajstić information content (AvgIpc) is 2.37. The highest BCUT2D eigenvalue weighted by atomic mass is 79.9. The first-order valence-corrected chi connectivity index (χ1v) is 6.95. The van der Waals surface area contributed by atoms with Gasteiger partial charge in [0.25, 0.3) is 5.56 Å². The van der Waals surface area contributed by atoms with Crippen molar-refractivity contribution in [2.24, 2.45) is 0 Å². The van der Waals surface area contributed by atoms with E-state index in [0.717, 1.165) is 36.7 Å². The number of aryl methyl sites for hydroxylation is 1. The maximum Gasteiger partial charge on any atom is 0.261 e. The molecule has 0 saturated carbocycles. The summed E-state index contributed by atoms with van der Waals surface area (Å²) in [6.07, 6.45) is 4.95. The van der Waals surface area contributed by atoms with Crippen LogP contribution in [0.15, 0.2) is 35.4 Å². The van der Waals surface area contributed by atoms with Crippen LogP contribution in [0.5, 0.6) is 0 Å². The van der Waals surface area contributed by atoms with E-state index in [-0.39, 0.29) is 5.56 Å². The lowest BCUT2D eigenvalue weighted by Crippen LogP contribution is -2.20. The Labute approximate surface area is 109 Å². The van der Waals surface area contributed by atoms with Crippen molar-refractivity contribution >= 4 is 26.8 Å². The third kappa shape index (κ3) is 2.94. The minimum Gasteiger partial charge on any atom is -0.299 e. The van der Waals surface area contributed by atoms with Gasteiger partial charge < -0.3 is 0 Å². The van der Waals surface area contributed by atoms with Gasteiger partial charge in [0.2, 0.25) is 0 Å². The molecule has 0 amide bonds. The molecule has 90 valence electrons. The van der Waals surface area contributed by atoms with E-state index in [9.17, 15) is 4.79 Å². The van der Waals surface area contributed by atoms with Gasteiger partial charge in [0.15, 0.2) is 0 Å². The minimum absolute atomic E-state index is 0.0643. The molecule has 0 spiro atoms. The van der Waals surface area contributed by atoms with Gasteiger partial charge in [-0.2, -0.15) is 0 Å². The molecule has 0 unspecified atom stereocenters. The molecule has 0 aliphatic heterocycles. The zero-order valence-electron chi connectivity index (χ0n) is 9.60. The molecule has 0 aliphatic rings. The van der Waals surface area contributed by atoms with Crippen LogP contribution in [0.3, 0.4) is 0 Å². The lowest BCUT2D eigenvalue weighted by atomic mass is 10.2. The summed E-state index contributed by atoms with van der Waals surface area (Å²) in [6.45, 7) is 0.754. The minimum atomic E-state index is 0.0643. The van der Waals surface area contributed by atoms with E-state index in [2.05, 4.69) is 20.9 Å². The molecule has 1 heterocycles. The first-order chi connectivity index (χ1) is 8.33. The molecule has 0 radical (unpaired) electrons. The number of halogens is 1. The van der Waals surface area contributed by atoms with Gasteiger partial charge in [-0.25, -0.2) is 4.98 Å². The molecule has 2 rings (SSSR count). The number of para-hydroxylation sites is 1. The molecule has 1 aromatic carbocycles. The largest absolute Gasteiger partial charge is 0.299 e. The second kappa shape index (κ2) is 5.96. The fraction of sp³-hybridized carbons (Fsp3) is 0.385. The lowest BCUT2D eigenvalue weighted by Gasteiger charge is -2.05. The molecular weight excluding hydrogens is 280 g/mol. The van der Waals surface area contributed by atoms with E-state index >= 15 is 0 Å². The van der Waals surface area contributed by atoms with Crippen molar-refractivity contribution in [2.75, 3.05) is 5.33 Å². The highest BCUT2D eigenvalue weighted by Gasteiger charge is 2.02. The van der Waals surface area contributed by atoms with E-state index in [1.807, 2.05) is 24.3 Å². The number of aromatic nitrogens is 2. The van der Waals surface area contributed by atoms with Crippen molar-refractivity contribution in [3.05, 3.63) is 40.9 Å². The van der Waals surface area contributed by atoms with Crippen LogP contribution in [0.2, 0.25) is 0 Å². The molecule has 4 heteroatoms. The van der Waals surface area contributed by atoms with Gasteiger partial charge in [-0.05, 0) is 25.0 Å². The number of fused-ring (bicyclic) bond motifs is 1. The fourth-order valence-corrected chi connectivity index (χ4v) is 2.22. The normalized spacial score (nSPS) is 10.9. The van der Waals surface area contributed by atoms with Gasteiger partial charge in [0.1, 0.15) is 0 Å². The monoisotopic (exact) mass is 294 g/mol. The van der Waals surface area contributed by atoms with Crippen LogP contribution >= 0.6 is 15.9 Å². The van der Waals surface area contributed by atoms with Crippen LogP contribution in [0.4, 0.5) is 0 Å². The summed E-state index contributed by atoms with van der Waals surface area (Å²) in [5.74, 6) is 0. The number of alkyl halides is 1. The maximum atomic E-state index is 12.1. The second-order valence-corrected chi connectivity index (χ2v) is 4.80. The molecule has 0 atom stereocenters. The van der Waals surface area contributed by atoms with Gasteiger partial charge >= 0.3 is 0 Å². The van der Waals surface area contributed by atoms with Crippen molar-refractivity contribution in [3.63, 3.8) is 0 Å². The zero-order valence-corrected chi connectivity index (χ0v) is 11.2.